The van der Waals surface area contributed by atoms with Gasteiger partial charge in [-0.15, -0.1) is 0 Å². The molecule has 1 rings (SSSR count). The van der Waals surface area contributed by atoms with E-state index < -0.39 is 10.2 Å². The van der Waals surface area contributed by atoms with Crippen LogP contribution in [0.4, 0.5) is 0 Å². The average Bonchev–Trinajstić information content (AvgIpc) is 2.27. The maximum absolute atomic E-state index is 11.3. The fourth-order valence-electron chi connectivity index (χ4n) is 1.12. The Morgan fingerprint density at radius 1 is 1.25 bits per heavy atom. The van der Waals surface area contributed by atoms with E-state index in [0.29, 0.717) is 12.1 Å². The number of hydrogen-bond donors (Lipinski definition) is 2. The quantitative estimate of drug-likeness (QED) is 0.785. The number of nitrogens with zero attached hydrogens (tertiary/aromatic N) is 1. The molecule has 5 nitrogen and oxygen atoms in total. The van der Waals surface area contributed by atoms with E-state index in [9.17, 15) is 8.42 Å². The van der Waals surface area contributed by atoms with Gasteiger partial charge in [-0.25, -0.2) is 4.72 Å². The molecular formula is C10H13N3O2S. The second kappa shape index (κ2) is 5.61. The van der Waals surface area contributed by atoms with Gasteiger partial charge in [0.25, 0.3) is 10.2 Å². The molecule has 1 aromatic carbocycles. The molecule has 1 aromatic rings. The lowest BCUT2D eigenvalue weighted by atomic mass is 10.1. The maximum Gasteiger partial charge on any atom is 0.277 e. The van der Waals surface area contributed by atoms with Gasteiger partial charge in [0.2, 0.25) is 0 Å². The van der Waals surface area contributed by atoms with Crippen molar-refractivity contribution in [3.8, 4) is 6.07 Å². The molecule has 6 heteroatoms. The third kappa shape index (κ3) is 3.98. The Bertz CT molecular complexity index is 474. The minimum atomic E-state index is -3.41. The van der Waals surface area contributed by atoms with E-state index in [2.05, 4.69) is 9.44 Å². The smallest absolute Gasteiger partial charge is 0.203 e. The molecule has 2 N–H and O–H groups in total. The summed E-state index contributed by atoms with van der Waals surface area (Å²) in [7, 11) is -3.41. The SMILES string of the molecule is CCNS(=O)(=O)NCc1ccc(C#N)cc1. The zero-order valence-corrected chi connectivity index (χ0v) is 9.71. The second-order valence-corrected chi connectivity index (χ2v) is 4.72. The van der Waals surface area contributed by atoms with Crippen molar-refractivity contribution in [1.29, 1.82) is 5.26 Å². The van der Waals surface area contributed by atoms with Crippen LogP contribution in [0.25, 0.3) is 0 Å². The normalized spacial score (nSPS) is 11.0. The monoisotopic (exact) mass is 239 g/mol. The summed E-state index contributed by atoms with van der Waals surface area (Å²) in [5.41, 5.74) is 1.36. The van der Waals surface area contributed by atoms with Crippen molar-refractivity contribution in [2.24, 2.45) is 0 Å². The van der Waals surface area contributed by atoms with Crippen LogP contribution in [0.1, 0.15) is 18.1 Å². The Kier molecular flexibility index (Phi) is 4.43. The van der Waals surface area contributed by atoms with Gasteiger partial charge >= 0.3 is 0 Å². The molecule has 0 saturated heterocycles. The molecule has 0 spiro atoms. The van der Waals surface area contributed by atoms with E-state index >= 15 is 0 Å². The van der Waals surface area contributed by atoms with Crippen LogP contribution in [0.5, 0.6) is 0 Å². The summed E-state index contributed by atoms with van der Waals surface area (Å²) in [5, 5.41) is 8.59. The van der Waals surface area contributed by atoms with Crippen molar-refractivity contribution >= 4 is 10.2 Å². The van der Waals surface area contributed by atoms with E-state index in [1.807, 2.05) is 6.07 Å². The molecule has 16 heavy (non-hydrogen) atoms. The predicted molar refractivity (Wildman–Crippen MR) is 60.6 cm³/mol. The van der Waals surface area contributed by atoms with E-state index in [1.54, 1.807) is 31.2 Å². The van der Waals surface area contributed by atoms with E-state index in [1.165, 1.54) is 0 Å². The zero-order valence-electron chi connectivity index (χ0n) is 8.90. The minimum absolute atomic E-state index is 0.209. The highest BCUT2D eigenvalue weighted by Crippen LogP contribution is 2.02. The summed E-state index contributed by atoms with van der Waals surface area (Å²) in [6, 6.07) is 8.73. The number of rotatable bonds is 5. The summed E-state index contributed by atoms with van der Waals surface area (Å²) < 4.78 is 27.2. The minimum Gasteiger partial charge on any atom is -0.203 e. The van der Waals surface area contributed by atoms with Crippen LogP contribution in [-0.2, 0) is 16.8 Å². The van der Waals surface area contributed by atoms with Gasteiger partial charge in [0.15, 0.2) is 0 Å². The number of benzene rings is 1. The summed E-state index contributed by atoms with van der Waals surface area (Å²) >= 11 is 0. The lowest BCUT2D eigenvalue weighted by molar-refractivity contribution is 0.568. The van der Waals surface area contributed by atoms with Gasteiger partial charge in [0.1, 0.15) is 0 Å². The standard InChI is InChI=1S/C10H13N3O2S/c1-2-12-16(14,15)13-8-10-5-3-9(7-11)4-6-10/h3-6,12-13H,2,8H2,1H3. The molecule has 0 atom stereocenters. The van der Waals surface area contributed by atoms with E-state index in [0.717, 1.165) is 5.56 Å². The van der Waals surface area contributed by atoms with Crippen LogP contribution < -0.4 is 9.44 Å². The van der Waals surface area contributed by atoms with Crippen LogP contribution in [0.3, 0.4) is 0 Å². The topological polar surface area (TPSA) is 82.0 Å². The number of nitriles is 1. The first-order chi connectivity index (χ1) is 7.57. The molecule has 0 saturated carbocycles. The molecular weight excluding hydrogens is 226 g/mol. The molecule has 0 amide bonds. The van der Waals surface area contributed by atoms with Gasteiger partial charge in [-0.2, -0.15) is 18.4 Å². The molecule has 0 unspecified atom stereocenters. The summed E-state index contributed by atoms with van der Waals surface area (Å²) in [5.74, 6) is 0. The Hall–Kier alpha value is -1.42. The van der Waals surface area contributed by atoms with Crippen molar-refractivity contribution in [3.63, 3.8) is 0 Å². The zero-order chi connectivity index (χ0) is 12.0. The van der Waals surface area contributed by atoms with Crippen LogP contribution in [0, 0.1) is 11.3 Å². The van der Waals surface area contributed by atoms with Gasteiger partial charge in [-0.05, 0) is 17.7 Å². The van der Waals surface area contributed by atoms with Crippen molar-refractivity contribution in [1.82, 2.24) is 9.44 Å². The van der Waals surface area contributed by atoms with Crippen LogP contribution in [0.2, 0.25) is 0 Å². The van der Waals surface area contributed by atoms with E-state index in [-0.39, 0.29) is 6.54 Å². The number of nitrogens with one attached hydrogen (secondary N) is 2. The summed E-state index contributed by atoms with van der Waals surface area (Å²) in [6.07, 6.45) is 0. The van der Waals surface area contributed by atoms with Crippen molar-refractivity contribution in [2.75, 3.05) is 6.54 Å². The molecule has 0 aliphatic rings. The second-order valence-electron chi connectivity index (χ2n) is 3.13. The Morgan fingerprint density at radius 3 is 2.38 bits per heavy atom. The third-order valence-corrected chi connectivity index (χ3v) is 3.08. The van der Waals surface area contributed by atoms with Crippen LogP contribution in [-0.4, -0.2) is 15.0 Å². The molecule has 86 valence electrons. The predicted octanol–water partition coefficient (Wildman–Crippen LogP) is 0.502. The van der Waals surface area contributed by atoms with Gasteiger partial charge in [0, 0.05) is 13.1 Å². The highest BCUT2D eigenvalue weighted by molar-refractivity contribution is 7.87. The Labute approximate surface area is 95.3 Å². The molecule has 0 heterocycles. The van der Waals surface area contributed by atoms with Gasteiger partial charge in [0.05, 0.1) is 11.6 Å². The molecule has 0 radical (unpaired) electrons. The molecule has 0 aliphatic carbocycles. The van der Waals surface area contributed by atoms with Gasteiger partial charge in [-0.3, -0.25) is 0 Å². The van der Waals surface area contributed by atoms with Crippen molar-refractivity contribution in [3.05, 3.63) is 35.4 Å². The fraction of sp³-hybridized carbons (Fsp3) is 0.300. The molecule has 0 bridgehead atoms. The lowest BCUT2D eigenvalue weighted by Gasteiger charge is -2.06. The fourth-order valence-corrected chi connectivity index (χ4v) is 1.96. The third-order valence-electron chi connectivity index (χ3n) is 1.88. The first-order valence-electron chi connectivity index (χ1n) is 4.80. The van der Waals surface area contributed by atoms with Crippen LogP contribution in [0.15, 0.2) is 24.3 Å². The molecule has 0 aliphatic heterocycles. The highest BCUT2D eigenvalue weighted by Gasteiger charge is 2.06. The van der Waals surface area contributed by atoms with Crippen LogP contribution >= 0.6 is 0 Å². The summed E-state index contributed by atoms with van der Waals surface area (Å²) in [4.78, 5) is 0. The Balaban J connectivity index is 2.59. The summed E-state index contributed by atoms with van der Waals surface area (Å²) in [6.45, 7) is 2.27. The highest BCUT2D eigenvalue weighted by atomic mass is 32.2. The molecule has 0 aromatic heterocycles. The first kappa shape index (κ1) is 12.6. The number of hydrogen-bond acceptors (Lipinski definition) is 3. The van der Waals surface area contributed by atoms with E-state index in [4.69, 9.17) is 5.26 Å². The molecule has 0 fully saturated rings. The first-order valence-corrected chi connectivity index (χ1v) is 6.29. The largest absolute Gasteiger partial charge is 0.277 e. The lowest BCUT2D eigenvalue weighted by Crippen LogP contribution is -2.35. The average molecular weight is 239 g/mol. The van der Waals surface area contributed by atoms with Gasteiger partial charge in [-0.1, -0.05) is 19.1 Å². The maximum atomic E-state index is 11.3. The van der Waals surface area contributed by atoms with Crippen molar-refractivity contribution in [2.45, 2.75) is 13.5 Å². The van der Waals surface area contributed by atoms with Crippen molar-refractivity contribution < 1.29 is 8.42 Å². The Morgan fingerprint density at radius 2 is 1.88 bits per heavy atom. The van der Waals surface area contributed by atoms with Gasteiger partial charge < -0.3 is 0 Å².